The third-order valence-electron chi connectivity index (χ3n) is 7.15. The number of rotatable bonds is 3. The minimum absolute atomic E-state index is 0.106. The smallest absolute Gasteiger partial charge is 0.274 e. The Balaban J connectivity index is 1.47. The van der Waals surface area contributed by atoms with Gasteiger partial charge in [-0.1, -0.05) is 37.3 Å². The first-order chi connectivity index (χ1) is 15.0. The monoisotopic (exact) mass is 417 g/mol. The Labute approximate surface area is 182 Å². The van der Waals surface area contributed by atoms with Gasteiger partial charge in [0.05, 0.1) is 16.5 Å². The summed E-state index contributed by atoms with van der Waals surface area (Å²) in [7, 11) is 0. The zero-order valence-electron chi connectivity index (χ0n) is 17.7. The minimum atomic E-state index is -0.300. The molecule has 6 heteroatoms. The summed E-state index contributed by atoms with van der Waals surface area (Å²) in [5, 5.41) is 15.2. The molecule has 0 aromatic heterocycles. The van der Waals surface area contributed by atoms with Crippen LogP contribution in [-0.4, -0.2) is 28.8 Å². The molecule has 1 saturated heterocycles. The van der Waals surface area contributed by atoms with Crippen LogP contribution in [0.2, 0.25) is 0 Å². The maximum absolute atomic E-state index is 13.1. The highest BCUT2D eigenvalue weighted by molar-refractivity contribution is 5.95. The van der Waals surface area contributed by atoms with E-state index in [0.29, 0.717) is 5.92 Å². The molecule has 0 spiro atoms. The number of hydrogen-bond donors (Lipinski definition) is 1. The number of carbonyl (C=O) groups excluding carboxylic acids is 1. The second-order valence-corrected chi connectivity index (χ2v) is 9.07. The maximum atomic E-state index is 13.1. The number of carbonyl (C=O) groups is 1. The summed E-state index contributed by atoms with van der Waals surface area (Å²) in [5.41, 5.74) is 3.68. The van der Waals surface area contributed by atoms with Gasteiger partial charge in [0.1, 0.15) is 0 Å². The fraction of sp³-hybridized carbons (Fsp3) is 0.400. The predicted molar refractivity (Wildman–Crippen MR) is 120 cm³/mol. The van der Waals surface area contributed by atoms with E-state index < -0.39 is 0 Å². The van der Waals surface area contributed by atoms with E-state index in [1.165, 1.54) is 0 Å². The van der Waals surface area contributed by atoms with Crippen molar-refractivity contribution in [1.29, 1.82) is 0 Å². The molecule has 3 atom stereocenters. The molecular formula is C25H27N3O3. The van der Waals surface area contributed by atoms with Gasteiger partial charge in [0.25, 0.3) is 11.6 Å². The lowest BCUT2D eigenvalue weighted by Gasteiger charge is -2.37. The average Bonchev–Trinajstić information content (AvgIpc) is 3.28. The third-order valence-corrected chi connectivity index (χ3v) is 7.15. The zero-order chi connectivity index (χ0) is 21.5. The standard InChI is InChI=1S/C25H27N3O3/c1-16-11-13-27(14-12-16)25(29)17-9-10-22-21(15-17)18-6-4-7-19(18)24(26-22)20-5-2-3-8-23(20)28(30)31/h2-6,8-10,15-16,18-19,24,26H,7,11-14H2,1H3. The van der Waals surface area contributed by atoms with Crippen molar-refractivity contribution in [3.05, 3.63) is 81.4 Å². The SMILES string of the molecule is CC1CCN(C(=O)c2ccc3c(c2)C2C=CCC2C(c2ccccc2[N+](=O)[O-])N3)CC1. The number of nitro groups is 1. The molecular weight excluding hydrogens is 390 g/mol. The molecule has 5 rings (SSSR count). The van der Waals surface area contributed by atoms with E-state index in [0.717, 1.165) is 54.7 Å². The summed E-state index contributed by atoms with van der Waals surface area (Å²) in [6.45, 7) is 3.88. The molecule has 2 aromatic rings. The predicted octanol–water partition coefficient (Wildman–Crippen LogP) is 5.29. The summed E-state index contributed by atoms with van der Waals surface area (Å²) in [6, 6.07) is 12.8. The van der Waals surface area contributed by atoms with E-state index in [9.17, 15) is 14.9 Å². The third kappa shape index (κ3) is 3.50. The van der Waals surface area contributed by atoms with E-state index >= 15 is 0 Å². The molecule has 0 radical (unpaired) electrons. The molecule has 1 aliphatic carbocycles. The number of piperidine rings is 1. The molecule has 160 valence electrons. The summed E-state index contributed by atoms with van der Waals surface area (Å²) < 4.78 is 0. The number of nitro benzene ring substituents is 1. The van der Waals surface area contributed by atoms with Gasteiger partial charge in [0, 0.05) is 36.3 Å². The van der Waals surface area contributed by atoms with E-state index in [2.05, 4.69) is 24.4 Å². The van der Waals surface area contributed by atoms with Crippen molar-refractivity contribution < 1.29 is 9.72 Å². The fourth-order valence-corrected chi connectivity index (χ4v) is 5.35. The highest BCUT2D eigenvalue weighted by Gasteiger charge is 2.40. The second-order valence-electron chi connectivity index (χ2n) is 9.07. The number of fused-ring (bicyclic) bond motifs is 3. The molecule has 0 bridgehead atoms. The van der Waals surface area contributed by atoms with Crippen LogP contribution < -0.4 is 5.32 Å². The molecule has 1 fully saturated rings. The van der Waals surface area contributed by atoms with Crippen molar-refractivity contribution in [2.24, 2.45) is 11.8 Å². The van der Waals surface area contributed by atoms with Crippen LogP contribution in [-0.2, 0) is 0 Å². The summed E-state index contributed by atoms with van der Waals surface area (Å²) in [4.78, 5) is 26.4. The molecule has 1 amide bonds. The molecule has 2 heterocycles. The van der Waals surface area contributed by atoms with Gasteiger partial charge in [-0.2, -0.15) is 0 Å². The summed E-state index contributed by atoms with van der Waals surface area (Å²) >= 11 is 0. The van der Waals surface area contributed by atoms with Crippen LogP contribution in [0.1, 0.15) is 59.6 Å². The lowest BCUT2D eigenvalue weighted by Crippen LogP contribution is -2.38. The lowest BCUT2D eigenvalue weighted by atomic mass is 9.76. The molecule has 1 N–H and O–H groups in total. The second kappa shape index (κ2) is 7.84. The molecule has 0 saturated carbocycles. The molecule has 3 aliphatic rings. The van der Waals surface area contributed by atoms with Crippen molar-refractivity contribution in [1.82, 2.24) is 4.90 Å². The quantitative estimate of drug-likeness (QED) is 0.418. The summed E-state index contributed by atoms with van der Waals surface area (Å²) in [6.07, 6.45) is 7.33. The van der Waals surface area contributed by atoms with Crippen molar-refractivity contribution in [2.45, 2.75) is 38.1 Å². The minimum Gasteiger partial charge on any atom is -0.377 e. The average molecular weight is 418 g/mol. The van der Waals surface area contributed by atoms with Crippen LogP contribution in [0.25, 0.3) is 0 Å². The van der Waals surface area contributed by atoms with Crippen LogP contribution in [0.5, 0.6) is 0 Å². The Bertz CT molecular complexity index is 1060. The maximum Gasteiger partial charge on any atom is 0.274 e. The Morgan fingerprint density at radius 1 is 1.13 bits per heavy atom. The van der Waals surface area contributed by atoms with Gasteiger partial charge < -0.3 is 10.2 Å². The van der Waals surface area contributed by atoms with Crippen LogP contribution in [0.3, 0.4) is 0 Å². The van der Waals surface area contributed by atoms with Gasteiger partial charge in [-0.15, -0.1) is 0 Å². The highest BCUT2D eigenvalue weighted by atomic mass is 16.6. The topological polar surface area (TPSA) is 75.5 Å². The number of hydrogen-bond acceptors (Lipinski definition) is 4. The zero-order valence-corrected chi connectivity index (χ0v) is 17.7. The molecule has 31 heavy (non-hydrogen) atoms. The van der Waals surface area contributed by atoms with E-state index in [1.807, 2.05) is 35.2 Å². The Morgan fingerprint density at radius 2 is 1.90 bits per heavy atom. The highest BCUT2D eigenvalue weighted by Crippen LogP contribution is 2.51. The van der Waals surface area contributed by atoms with Crippen molar-refractivity contribution in [2.75, 3.05) is 18.4 Å². The van der Waals surface area contributed by atoms with Crippen molar-refractivity contribution >= 4 is 17.3 Å². The molecule has 2 aliphatic heterocycles. The van der Waals surface area contributed by atoms with Gasteiger partial charge >= 0.3 is 0 Å². The normalized spacial score (nSPS) is 24.9. The Kier molecular flexibility index (Phi) is 5.00. The number of benzene rings is 2. The summed E-state index contributed by atoms with van der Waals surface area (Å²) in [5.74, 6) is 1.12. The van der Waals surface area contributed by atoms with Gasteiger partial charge in [-0.25, -0.2) is 0 Å². The van der Waals surface area contributed by atoms with Crippen LogP contribution in [0, 0.1) is 22.0 Å². The number of likely N-dealkylation sites (tertiary alicyclic amines) is 1. The first-order valence-corrected chi connectivity index (χ1v) is 11.1. The molecule has 3 unspecified atom stereocenters. The van der Waals surface area contributed by atoms with Crippen molar-refractivity contribution in [3.63, 3.8) is 0 Å². The van der Waals surface area contributed by atoms with Crippen LogP contribution >= 0.6 is 0 Å². The van der Waals surface area contributed by atoms with Crippen LogP contribution in [0.15, 0.2) is 54.6 Å². The van der Waals surface area contributed by atoms with Gasteiger partial charge in [0.15, 0.2) is 0 Å². The fourth-order valence-electron chi connectivity index (χ4n) is 5.35. The van der Waals surface area contributed by atoms with Crippen LogP contribution in [0.4, 0.5) is 11.4 Å². The Hall–Kier alpha value is -3.15. The molecule has 2 aromatic carbocycles. The van der Waals surface area contributed by atoms with Gasteiger partial charge in [0.2, 0.25) is 0 Å². The first-order valence-electron chi connectivity index (χ1n) is 11.1. The van der Waals surface area contributed by atoms with Crippen molar-refractivity contribution in [3.8, 4) is 0 Å². The number of para-hydroxylation sites is 1. The molecule has 6 nitrogen and oxygen atoms in total. The Morgan fingerprint density at radius 3 is 2.68 bits per heavy atom. The number of nitrogens with one attached hydrogen (secondary N) is 1. The number of amides is 1. The van der Waals surface area contributed by atoms with E-state index in [4.69, 9.17) is 0 Å². The van der Waals surface area contributed by atoms with E-state index in [1.54, 1.807) is 12.1 Å². The van der Waals surface area contributed by atoms with Gasteiger partial charge in [-0.05, 0) is 54.9 Å². The van der Waals surface area contributed by atoms with E-state index in [-0.39, 0.29) is 34.4 Å². The largest absolute Gasteiger partial charge is 0.377 e. The lowest BCUT2D eigenvalue weighted by molar-refractivity contribution is -0.385. The number of allylic oxidation sites excluding steroid dienone is 2. The number of nitrogens with zero attached hydrogens (tertiary/aromatic N) is 2. The first kappa shape index (κ1) is 19.8. The van der Waals surface area contributed by atoms with Gasteiger partial charge in [-0.3, -0.25) is 14.9 Å². The number of anilines is 1.